The third-order valence-corrected chi connectivity index (χ3v) is 10.3. The molecule has 3 aromatic rings. The zero-order chi connectivity index (χ0) is 28.1. The number of likely N-dealkylation sites (N-methyl/N-ethyl adjacent to an activating group) is 1. The van der Waals surface area contributed by atoms with Gasteiger partial charge in [-0.3, -0.25) is 9.69 Å². The van der Waals surface area contributed by atoms with Gasteiger partial charge in [0.2, 0.25) is 5.91 Å². The van der Waals surface area contributed by atoms with Crippen molar-refractivity contribution in [3.8, 4) is 17.2 Å². The molecule has 1 saturated heterocycles. The molecule has 2 aliphatic heterocycles. The van der Waals surface area contributed by atoms with E-state index in [0.29, 0.717) is 23.5 Å². The maximum absolute atomic E-state index is 13.5. The van der Waals surface area contributed by atoms with Crippen LogP contribution in [0.4, 0.5) is 0 Å². The summed E-state index contributed by atoms with van der Waals surface area (Å²) in [6.45, 7) is 1.97. The largest absolute Gasteiger partial charge is 0.508 e. The van der Waals surface area contributed by atoms with Crippen molar-refractivity contribution in [2.75, 3.05) is 27.2 Å². The molecule has 5 atom stereocenters. The Hall–Kier alpha value is -3.77. The number of phenolic OH excluding ortho intramolecular Hbond substituents is 1. The molecular weight excluding hydrogens is 512 g/mol. The minimum absolute atomic E-state index is 0.0176. The number of likely N-dealkylation sites (tertiary alicyclic amines) is 1. The van der Waals surface area contributed by atoms with E-state index in [1.165, 1.54) is 5.56 Å². The van der Waals surface area contributed by atoms with Crippen LogP contribution in [0.25, 0.3) is 6.08 Å². The van der Waals surface area contributed by atoms with Gasteiger partial charge in [-0.1, -0.05) is 60.7 Å². The van der Waals surface area contributed by atoms with Crippen LogP contribution in [0, 0.1) is 5.92 Å². The normalized spacial score (nSPS) is 27.8. The van der Waals surface area contributed by atoms with Gasteiger partial charge >= 0.3 is 0 Å². The van der Waals surface area contributed by atoms with Gasteiger partial charge in [0.25, 0.3) is 0 Å². The summed E-state index contributed by atoms with van der Waals surface area (Å²) in [5.74, 6) is 2.05. The first kappa shape index (κ1) is 26.1. The number of carbonyl (C=O) groups is 1. The van der Waals surface area contributed by atoms with Crippen LogP contribution in [-0.2, 0) is 23.1 Å². The fraction of sp³-hybridized carbons (Fsp3) is 0.400. The summed E-state index contributed by atoms with van der Waals surface area (Å²) in [5.41, 5.74) is 4.27. The van der Waals surface area contributed by atoms with Gasteiger partial charge in [-0.2, -0.15) is 0 Å². The molecular formula is C35H38N2O4. The van der Waals surface area contributed by atoms with E-state index in [1.54, 1.807) is 19.3 Å². The highest BCUT2D eigenvalue weighted by Crippen LogP contribution is 2.65. The van der Waals surface area contributed by atoms with Gasteiger partial charge in [-0.15, -0.1) is 0 Å². The maximum Gasteiger partial charge on any atom is 0.246 e. The number of methoxy groups -OCH3 is 1. The number of ether oxygens (including phenoxy) is 2. The van der Waals surface area contributed by atoms with E-state index in [-0.39, 0.29) is 23.5 Å². The molecule has 1 amide bonds. The van der Waals surface area contributed by atoms with Gasteiger partial charge in [0, 0.05) is 48.3 Å². The molecule has 2 heterocycles. The molecule has 2 aliphatic carbocycles. The lowest BCUT2D eigenvalue weighted by Gasteiger charge is -2.60. The SMILES string of the molecule is COc1cc(O)c2c3c1O[C@H]1[C@@H](N(C)C(=O)C=Cc4ccccc4)CC[C@H]4[C@@H](C2)N(CCc2ccccc2)CC[C@@]341. The van der Waals surface area contributed by atoms with Crippen molar-refractivity contribution < 1.29 is 19.4 Å². The first-order chi connectivity index (χ1) is 20.0. The Labute approximate surface area is 242 Å². The molecule has 6 heteroatoms. The van der Waals surface area contributed by atoms with Crippen LogP contribution >= 0.6 is 0 Å². The molecule has 7 rings (SSSR count). The van der Waals surface area contributed by atoms with E-state index in [9.17, 15) is 9.90 Å². The first-order valence-electron chi connectivity index (χ1n) is 14.9. The number of hydrogen-bond acceptors (Lipinski definition) is 5. The van der Waals surface area contributed by atoms with Crippen LogP contribution in [0.2, 0.25) is 0 Å². The third-order valence-electron chi connectivity index (χ3n) is 10.3. The molecule has 0 radical (unpaired) electrons. The zero-order valence-corrected chi connectivity index (χ0v) is 23.8. The van der Waals surface area contributed by atoms with Crippen LogP contribution in [0.5, 0.6) is 17.2 Å². The second-order valence-corrected chi connectivity index (χ2v) is 12.1. The minimum atomic E-state index is -0.247. The summed E-state index contributed by atoms with van der Waals surface area (Å²) in [6.07, 6.45) is 8.06. The van der Waals surface area contributed by atoms with E-state index in [0.717, 1.165) is 67.6 Å². The van der Waals surface area contributed by atoms with E-state index >= 15 is 0 Å². The van der Waals surface area contributed by atoms with E-state index in [4.69, 9.17) is 9.47 Å². The van der Waals surface area contributed by atoms with Crippen molar-refractivity contribution in [2.45, 2.75) is 55.7 Å². The Morgan fingerprint density at radius 3 is 2.66 bits per heavy atom. The van der Waals surface area contributed by atoms with Crippen molar-refractivity contribution in [1.29, 1.82) is 0 Å². The molecule has 4 aliphatic rings. The zero-order valence-electron chi connectivity index (χ0n) is 23.8. The Bertz CT molecular complexity index is 1470. The first-order valence-corrected chi connectivity index (χ1v) is 14.9. The summed E-state index contributed by atoms with van der Waals surface area (Å²) < 4.78 is 12.6. The average Bonchev–Trinajstić information content (AvgIpc) is 3.35. The Balaban J connectivity index is 1.23. The number of benzene rings is 3. The monoisotopic (exact) mass is 550 g/mol. The molecule has 6 nitrogen and oxygen atoms in total. The molecule has 41 heavy (non-hydrogen) atoms. The minimum Gasteiger partial charge on any atom is -0.508 e. The van der Waals surface area contributed by atoms with Gasteiger partial charge in [-0.25, -0.2) is 0 Å². The second-order valence-electron chi connectivity index (χ2n) is 12.1. The lowest BCUT2D eigenvalue weighted by atomic mass is 9.50. The van der Waals surface area contributed by atoms with Crippen molar-refractivity contribution in [1.82, 2.24) is 9.80 Å². The van der Waals surface area contributed by atoms with Gasteiger partial charge in [0.1, 0.15) is 11.9 Å². The quantitative estimate of drug-likeness (QED) is 0.409. The number of piperidine rings is 1. The van der Waals surface area contributed by atoms with Crippen LogP contribution in [0.15, 0.2) is 72.8 Å². The fourth-order valence-electron chi connectivity index (χ4n) is 8.41. The van der Waals surface area contributed by atoms with Crippen molar-refractivity contribution in [2.24, 2.45) is 5.92 Å². The molecule has 0 aromatic heterocycles. The lowest BCUT2D eigenvalue weighted by Crippen LogP contribution is -2.69. The number of nitrogens with zero attached hydrogens (tertiary/aromatic N) is 2. The predicted molar refractivity (Wildman–Crippen MR) is 159 cm³/mol. The maximum atomic E-state index is 13.5. The fourth-order valence-corrected chi connectivity index (χ4v) is 8.41. The Kier molecular flexibility index (Phi) is 6.54. The number of phenols is 1. The van der Waals surface area contributed by atoms with E-state index in [1.807, 2.05) is 48.4 Å². The smallest absolute Gasteiger partial charge is 0.246 e. The summed E-state index contributed by atoms with van der Waals surface area (Å²) in [6, 6.07) is 22.6. The van der Waals surface area contributed by atoms with E-state index < -0.39 is 0 Å². The van der Waals surface area contributed by atoms with Crippen LogP contribution in [0.3, 0.4) is 0 Å². The molecule has 1 saturated carbocycles. The van der Waals surface area contributed by atoms with Crippen LogP contribution in [-0.4, -0.2) is 66.2 Å². The molecule has 2 bridgehead atoms. The van der Waals surface area contributed by atoms with Crippen molar-refractivity contribution >= 4 is 12.0 Å². The van der Waals surface area contributed by atoms with Gasteiger partial charge < -0.3 is 19.5 Å². The van der Waals surface area contributed by atoms with Crippen molar-refractivity contribution in [3.05, 3.63) is 95.1 Å². The molecule has 3 aromatic carbocycles. The summed E-state index contributed by atoms with van der Waals surface area (Å²) in [4.78, 5) is 18.0. The molecule has 0 unspecified atom stereocenters. The molecule has 1 N–H and O–H groups in total. The number of carbonyl (C=O) groups excluding carboxylic acids is 1. The number of amides is 1. The standard InChI is InChI=1S/C35H38N2O4/c1-36(31(39)16-13-23-9-5-3-6-10-23)27-15-14-26-28-21-25-29(38)22-30(40-2)33-32(25)35(26,34(27)41-33)18-20-37(28)19-17-24-11-7-4-8-12-24/h3-13,16,22,26-28,34,38H,14-15,17-21H2,1-2H3/t26-,27-,28+,34-,35-/m0/s1. The number of rotatable bonds is 7. The summed E-state index contributed by atoms with van der Waals surface area (Å²) in [5, 5.41) is 11.3. The highest BCUT2D eigenvalue weighted by molar-refractivity contribution is 5.92. The summed E-state index contributed by atoms with van der Waals surface area (Å²) in [7, 11) is 3.55. The van der Waals surface area contributed by atoms with Gasteiger partial charge in [0.05, 0.1) is 13.2 Å². The second kappa shape index (κ2) is 10.3. The van der Waals surface area contributed by atoms with Gasteiger partial charge in [0.15, 0.2) is 11.5 Å². The Morgan fingerprint density at radius 2 is 1.90 bits per heavy atom. The molecule has 2 fully saturated rings. The summed E-state index contributed by atoms with van der Waals surface area (Å²) >= 11 is 0. The highest BCUT2D eigenvalue weighted by Gasteiger charge is 2.66. The third kappa shape index (κ3) is 4.14. The molecule has 212 valence electrons. The topological polar surface area (TPSA) is 62.2 Å². The lowest BCUT2D eigenvalue weighted by molar-refractivity contribution is -0.135. The predicted octanol–water partition coefficient (Wildman–Crippen LogP) is 5.22. The number of hydrogen-bond donors (Lipinski definition) is 1. The van der Waals surface area contributed by atoms with Gasteiger partial charge in [-0.05, 0) is 61.8 Å². The molecule has 1 spiro atoms. The average molecular weight is 551 g/mol. The number of aromatic hydroxyl groups is 1. The van der Waals surface area contributed by atoms with E-state index in [2.05, 4.69) is 35.2 Å². The van der Waals surface area contributed by atoms with Crippen LogP contribution < -0.4 is 9.47 Å². The highest BCUT2D eigenvalue weighted by atomic mass is 16.5. The van der Waals surface area contributed by atoms with Crippen molar-refractivity contribution in [3.63, 3.8) is 0 Å². The Morgan fingerprint density at radius 1 is 1.15 bits per heavy atom. The van der Waals surface area contributed by atoms with Crippen LogP contribution in [0.1, 0.15) is 41.5 Å².